The molecular formula is C17H34N2. The van der Waals surface area contributed by atoms with Gasteiger partial charge in [-0.1, -0.05) is 40.0 Å². The van der Waals surface area contributed by atoms with Gasteiger partial charge in [0, 0.05) is 18.6 Å². The van der Waals surface area contributed by atoms with Crippen LogP contribution < -0.4 is 5.32 Å². The van der Waals surface area contributed by atoms with E-state index in [1.165, 1.54) is 64.6 Å². The number of nitrogens with zero attached hydrogens (tertiary/aromatic N) is 1. The second kappa shape index (κ2) is 7.64. The molecule has 0 radical (unpaired) electrons. The van der Waals surface area contributed by atoms with Crippen LogP contribution in [0.2, 0.25) is 0 Å². The standard InChI is InChI=1S/C17H34N2/c1-4-11-18-16-10-12-19(13-14(16)3)17-9-7-6-8-15(17)5-2/h14-18H,4-13H2,1-3H3. The van der Waals surface area contributed by atoms with E-state index in [9.17, 15) is 0 Å². The average Bonchev–Trinajstić information content (AvgIpc) is 2.46. The molecule has 2 nitrogen and oxygen atoms in total. The molecule has 2 heteroatoms. The molecule has 0 aromatic rings. The van der Waals surface area contributed by atoms with Gasteiger partial charge in [-0.2, -0.15) is 0 Å². The number of rotatable bonds is 5. The topological polar surface area (TPSA) is 15.3 Å². The van der Waals surface area contributed by atoms with Crippen LogP contribution in [0.25, 0.3) is 0 Å². The van der Waals surface area contributed by atoms with E-state index in [1.807, 2.05) is 0 Å². The Hall–Kier alpha value is -0.0800. The fourth-order valence-corrected chi connectivity index (χ4v) is 4.26. The van der Waals surface area contributed by atoms with Crippen molar-refractivity contribution in [3.63, 3.8) is 0 Å². The van der Waals surface area contributed by atoms with Crippen molar-refractivity contribution >= 4 is 0 Å². The molecule has 112 valence electrons. The molecule has 1 saturated heterocycles. The molecule has 2 fully saturated rings. The highest BCUT2D eigenvalue weighted by molar-refractivity contribution is 4.89. The average molecular weight is 266 g/mol. The number of hydrogen-bond donors (Lipinski definition) is 1. The van der Waals surface area contributed by atoms with Gasteiger partial charge in [-0.05, 0) is 50.6 Å². The second-order valence-electron chi connectivity index (χ2n) is 6.84. The highest BCUT2D eigenvalue weighted by Crippen LogP contribution is 2.33. The molecule has 1 aliphatic carbocycles. The van der Waals surface area contributed by atoms with E-state index in [0.29, 0.717) is 0 Å². The Labute approximate surface area is 120 Å². The minimum absolute atomic E-state index is 0.764. The van der Waals surface area contributed by atoms with E-state index in [4.69, 9.17) is 0 Å². The third-order valence-corrected chi connectivity index (χ3v) is 5.46. The summed E-state index contributed by atoms with van der Waals surface area (Å²) in [6.07, 6.45) is 9.86. The summed E-state index contributed by atoms with van der Waals surface area (Å²) in [5.41, 5.74) is 0. The molecule has 0 spiro atoms. The smallest absolute Gasteiger partial charge is 0.0123 e. The van der Waals surface area contributed by atoms with Crippen LogP contribution in [0.4, 0.5) is 0 Å². The maximum absolute atomic E-state index is 3.74. The Balaban J connectivity index is 1.86. The maximum Gasteiger partial charge on any atom is 0.0123 e. The van der Waals surface area contributed by atoms with Crippen molar-refractivity contribution in [1.82, 2.24) is 10.2 Å². The van der Waals surface area contributed by atoms with Crippen LogP contribution in [0, 0.1) is 11.8 Å². The van der Waals surface area contributed by atoms with E-state index in [1.54, 1.807) is 0 Å². The van der Waals surface area contributed by atoms with Gasteiger partial charge in [0.15, 0.2) is 0 Å². The Morgan fingerprint density at radius 3 is 2.58 bits per heavy atom. The van der Waals surface area contributed by atoms with Crippen molar-refractivity contribution in [2.24, 2.45) is 11.8 Å². The Morgan fingerprint density at radius 1 is 1.11 bits per heavy atom. The fourth-order valence-electron chi connectivity index (χ4n) is 4.26. The molecule has 2 aliphatic rings. The van der Waals surface area contributed by atoms with Crippen LogP contribution in [0.3, 0.4) is 0 Å². The molecule has 0 amide bonds. The zero-order valence-corrected chi connectivity index (χ0v) is 13.3. The first-order valence-electron chi connectivity index (χ1n) is 8.73. The highest BCUT2D eigenvalue weighted by Gasteiger charge is 2.33. The molecule has 19 heavy (non-hydrogen) atoms. The van der Waals surface area contributed by atoms with Crippen LogP contribution in [0.5, 0.6) is 0 Å². The Bertz CT molecular complexity index is 254. The zero-order valence-electron chi connectivity index (χ0n) is 13.3. The lowest BCUT2D eigenvalue weighted by Crippen LogP contribution is -2.53. The summed E-state index contributed by atoms with van der Waals surface area (Å²) in [7, 11) is 0. The fraction of sp³-hybridized carbons (Fsp3) is 1.00. The molecular weight excluding hydrogens is 232 g/mol. The largest absolute Gasteiger partial charge is 0.314 e. The van der Waals surface area contributed by atoms with Crippen molar-refractivity contribution in [2.45, 2.75) is 77.8 Å². The molecule has 4 unspecified atom stereocenters. The summed E-state index contributed by atoms with van der Waals surface area (Å²) < 4.78 is 0. The third kappa shape index (κ3) is 3.95. The van der Waals surface area contributed by atoms with Crippen molar-refractivity contribution in [3.05, 3.63) is 0 Å². The molecule has 4 atom stereocenters. The van der Waals surface area contributed by atoms with Gasteiger partial charge in [-0.15, -0.1) is 0 Å². The van der Waals surface area contributed by atoms with Gasteiger partial charge in [-0.25, -0.2) is 0 Å². The molecule has 0 aromatic carbocycles. The Kier molecular flexibility index (Phi) is 6.15. The highest BCUT2D eigenvalue weighted by atomic mass is 15.2. The third-order valence-electron chi connectivity index (χ3n) is 5.46. The van der Waals surface area contributed by atoms with Crippen molar-refractivity contribution in [1.29, 1.82) is 0 Å². The maximum atomic E-state index is 3.74. The van der Waals surface area contributed by atoms with Crippen molar-refractivity contribution < 1.29 is 0 Å². The zero-order chi connectivity index (χ0) is 13.7. The van der Waals surface area contributed by atoms with E-state index in [2.05, 4.69) is 31.0 Å². The lowest BCUT2D eigenvalue weighted by atomic mass is 9.80. The van der Waals surface area contributed by atoms with E-state index in [0.717, 1.165) is 23.9 Å². The predicted molar refractivity (Wildman–Crippen MR) is 83.5 cm³/mol. The van der Waals surface area contributed by atoms with Crippen molar-refractivity contribution in [2.75, 3.05) is 19.6 Å². The SMILES string of the molecule is CCCNC1CCN(C2CCCCC2CC)CC1C. The summed E-state index contributed by atoms with van der Waals surface area (Å²) in [6.45, 7) is 10.9. The van der Waals surface area contributed by atoms with E-state index >= 15 is 0 Å². The first kappa shape index (κ1) is 15.3. The summed E-state index contributed by atoms with van der Waals surface area (Å²) in [4.78, 5) is 2.84. The number of hydrogen-bond acceptors (Lipinski definition) is 2. The van der Waals surface area contributed by atoms with Gasteiger partial charge in [0.1, 0.15) is 0 Å². The summed E-state index contributed by atoms with van der Waals surface area (Å²) in [5, 5.41) is 3.74. The van der Waals surface area contributed by atoms with Gasteiger partial charge in [0.05, 0.1) is 0 Å². The predicted octanol–water partition coefficient (Wildman–Crippen LogP) is 3.67. The summed E-state index contributed by atoms with van der Waals surface area (Å²) in [5.74, 6) is 1.79. The van der Waals surface area contributed by atoms with Crippen LogP contribution >= 0.6 is 0 Å². The van der Waals surface area contributed by atoms with Gasteiger partial charge >= 0.3 is 0 Å². The molecule has 0 bridgehead atoms. The van der Waals surface area contributed by atoms with Crippen LogP contribution in [-0.2, 0) is 0 Å². The summed E-state index contributed by atoms with van der Waals surface area (Å²) >= 11 is 0. The molecule has 1 N–H and O–H groups in total. The Morgan fingerprint density at radius 2 is 1.89 bits per heavy atom. The van der Waals surface area contributed by atoms with E-state index in [-0.39, 0.29) is 0 Å². The number of likely N-dealkylation sites (tertiary alicyclic amines) is 1. The molecule has 2 rings (SSSR count). The van der Waals surface area contributed by atoms with Crippen LogP contribution in [-0.4, -0.2) is 36.6 Å². The quantitative estimate of drug-likeness (QED) is 0.817. The second-order valence-corrected chi connectivity index (χ2v) is 6.84. The van der Waals surface area contributed by atoms with E-state index < -0.39 is 0 Å². The van der Waals surface area contributed by atoms with Gasteiger partial charge in [0.25, 0.3) is 0 Å². The van der Waals surface area contributed by atoms with Crippen LogP contribution in [0.1, 0.15) is 65.7 Å². The van der Waals surface area contributed by atoms with Crippen molar-refractivity contribution in [3.8, 4) is 0 Å². The molecule has 1 heterocycles. The van der Waals surface area contributed by atoms with Gasteiger partial charge in [0.2, 0.25) is 0 Å². The van der Waals surface area contributed by atoms with Crippen LogP contribution in [0.15, 0.2) is 0 Å². The lowest BCUT2D eigenvalue weighted by Gasteiger charge is -2.45. The van der Waals surface area contributed by atoms with Gasteiger partial charge in [-0.3, -0.25) is 4.90 Å². The summed E-state index contributed by atoms with van der Waals surface area (Å²) in [6, 6.07) is 1.66. The molecule has 1 aliphatic heterocycles. The number of piperidine rings is 1. The number of nitrogens with one attached hydrogen (secondary N) is 1. The monoisotopic (exact) mass is 266 g/mol. The molecule has 0 aromatic heterocycles. The normalized spacial score (nSPS) is 37.4. The minimum atomic E-state index is 0.764. The first-order chi connectivity index (χ1) is 9.26. The molecule has 1 saturated carbocycles. The lowest BCUT2D eigenvalue weighted by molar-refractivity contribution is 0.0500. The minimum Gasteiger partial charge on any atom is -0.314 e. The van der Waals surface area contributed by atoms with Gasteiger partial charge < -0.3 is 5.32 Å². The first-order valence-corrected chi connectivity index (χ1v) is 8.73.